The highest BCUT2D eigenvalue weighted by Crippen LogP contribution is 2.26. The van der Waals surface area contributed by atoms with Crippen LogP contribution >= 0.6 is 0 Å². The summed E-state index contributed by atoms with van der Waals surface area (Å²) in [5.74, 6) is 0. The van der Waals surface area contributed by atoms with Crippen molar-refractivity contribution in [1.29, 1.82) is 0 Å². The Bertz CT molecular complexity index is 647. The van der Waals surface area contributed by atoms with E-state index in [-0.39, 0.29) is 10.6 Å². The van der Waals surface area contributed by atoms with Gasteiger partial charge in [-0.3, -0.25) is 10.1 Å². The second-order valence-electron chi connectivity index (χ2n) is 5.26. The fourth-order valence-electron chi connectivity index (χ4n) is 2.44. The fraction of sp³-hybridized carbons (Fsp3) is 0.375. The van der Waals surface area contributed by atoms with Gasteiger partial charge in [0.05, 0.1) is 11.5 Å². The molecule has 112 valence electrons. The van der Waals surface area contributed by atoms with E-state index in [0.29, 0.717) is 12.1 Å². The van der Waals surface area contributed by atoms with Crippen LogP contribution in [0.3, 0.4) is 0 Å². The average molecular weight is 287 g/mol. The predicted molar refractivity (Wildman–Crippen MR) is 84.6 cm³/mol. The molecule has 1 aromatic heterocycles. The maximum absolute atomic E-state index is 10.9. The number of aryl methyl sites for hydroxylation is 3. The number of benzene rings is 1. The molecule has 1 heterocycles. The van der Waals surface area contributed by atoms with Gasteiger partial charge in [0.15, 0.2) is 0 Å². The molecule has 0 amide bonds. The molecule has 0 spiro atoms. The Labute approximate surface area is 124 Å². The largest absolute Gasteiger partial charge is 0.379 e. The van der Waals surface area contributed by atoms with Crippen LogP contribution in [0.4, 0.5) is 11.4 Å². The van der Waals surface area contributed by atoms with Crippen molar-refractivity contribution in [2.24, 2.45) is 0 Å². The van der Waals surface area contributed by atoms with Gasteiger partial charge in [-0.25, -0.2) is 0 Å². The molecular weight excluding hydrogens is 266 g/mol. The maximum Gasteiger partial charge on any atom is 0.272 e. The number of hydrogen-bond acceptors (Lipinski definition) is 3. The molecule has 1 N–H and O–H groups in total. The Balaban J connectivity index is 2.15. The molecule has 21 heavy (non-hydrogen) atoms. The van der Waals surface area contributed by atoms with Crippen molar-refractivity contribution in [2.45, 2.75) is 40.3 Å². The summed E-state index contributed by atoms with van der Waals surface area (Å²) >= 11 is 0. The van der Waals surface area contributed by atoms with Crippen LogP contribution < -0.4 is 5.32 Å². The third kappa shape index (κ3) is 3.42. The minimum absolute atomic E-state index is 0.174. The minimum atomic E-state index is -0.335. The van der Waals surface area contributed by atoms with Gasteiger partial charge >= 0.3 is 0 Å². The van der Waals surface area contributed by atoms with Gasteiger partial charge in [-0.15, -0.1) is 0 Å². The number of nitrogens with one attached hydrogen (secondary N) is 1. The molecule has 2 aromatic rings. The Morgan fingerprint density at radius 2 is 2.05 bits per heavy atom. The van der Waals surface area contributed by atoms with E-state index in [1.54, 1.807) is 13.0 Å². The second-order valence-corrected chi connectivity index (χ2v) is 5.26. The topological polar surface area (TPSA) is 60.1 Å². The zero-order valence-electron chi connectivity index (χ0n) is 12.7. The van der Waals surface area contributed by atoms with Crippen molar-refractivity contribution in [3.63, 3.8) is 0 Å². The molecule has 0 saturated heterocycles. The van der Waals surface area contributed by atoms with E-state index >= 15 is 0 Å². The van der Waals surface area contributed by atoms with Gasteiger partial charge in [0.25, 0.3) is 5.69 Å². The second kappa shape index (κ2) is 6.43. The standard InChI is InChI=1S/C16H21N3O2/c1-4-7-18-8-5-6-14(18)11-17-15-9-13(3)16(19(20)21)10-12(15)2/h5-6,8-10,17H,4,7,11H2,1-3H3. The Morgan fingerprint density at radius 1 is 1.29 bits per heavy atom. The molecule has 0 aliphatic rings. The van der Waals surface area contributed by atoms with Crippen LogP contribution in [0.5, 0.6) is 0 Å². The number of nitrogens with zero attached hydrogens (tertiary/aromatic N) is 2. The summed E-state index contributed by atoms with van der Waals surface area (Å²) in [4.78, 5) is 10.6. The molecule has 0 aliphatic heterocycles. The molecular formula is C16H21N3O2. The molecule has 0 fully saturated rings. The first-order valence-corrected chi connectivity index (χ1v) is 7.16. The highest BCUT2D eigenvalue weighted by atomic mass is 16.6. The molecule has 2 rings (SSSR count). The zero-order valence-corrected chi connectivity index (χ0v) is 12.7. The summed E-state index contributed by atoms with van der Waals surface area (Å²) in [7, 11) is 0. The predicted octanol–water partition coefficient (Wildman–Crippen LogP) is 4.04. The number of anilines is 1. The molecule has 5 nitrogen and oxygen atoms in total. The lowest BCUT2D eigenvalue weighted by atomic mass is 10.1. The summed E-state index contributed by atoms with van der Waals surface area (Å²) < 4.78 is 2.22. The molecule has 0 aliphatic carbocycles. The minimum Gasteiger partial charge on any atom is -0.379 e. The SMILES string of the molecule is CCCn1cccc1CNc1cc(C)c([N+](=O)[O-])cc1C. The molecule has 0 radical (unpaired) electrons. The van der Waals surface area contributed by atoms with E-state index in [1.165, 1.54) is 5.69 Å². The van der Waals surface area contributed by atoms with Crippen molar-refractivity contribution >= 4 is 11.4 Å². The summed E-state index contributed by atoms with van der Waals surface area (Å²) in [6.07, 6.45) is 3.17. The third-order valence-electron chi connectivity index (χ3n) is 3.59. The van der Waals surface area contributed by atoms with Gasteiger partial charge in [-0.05, 0) is 44.0 Å². The maximum atomic E-state index is 10.9. The van der Waals surface area contributed by atoms with Crippen molar-refractivity contribution in [2.75, 3.05) is 5.32 Å². The molecule has 5 heteroatoms. The lowest BCUT2D eigenvalue weighted by Crippen LogP contribution is -2.08. The van der Waals surface area contributed by atoms with Crippen molar-refractivity contribution < 1.29 is 4.92 Å². The van der Waals surface area contributed by atoms with Gasteiger partial charge in [0.1, 0.15) is 0 Å². The summed E-state index contributed by atoms with van der Waals surface area (Å²) in [6.45, 7) is 7.52. The van der Waals surface area contributed by atoms with Gasteiger partial charge in [0.2, 0.25) is 0 Å². The quantitative estimate of drug-likeness (QED) is 0.644. The smallest absolute Gasteiger partial charge is 0.272 e. The van der Waals surface area contributed by atoms with E-state index in [4.69, 9.17) is 0 Å². The van der Waals surface area contributed by atoms with Crippen LogP contribution in [0.2, 0.25) is 0 Å². The molecule has 0 bridgehead atoms. The Morgan fingerprint density at radius 3 is 2.71 bits per heavy atom. The molecule has 0 unspecified atom stereocenters. The molecule has 0 saturated carbocycles. The Kier molecular flexibility index (Phi) is 4.62. The lowest BCUT2D eigenvalue weighted by Gasteiger charge is -2.13. The Hall–Kier alpha value is -2.30. The van der Waals surface area contributed by atoms with E-state index in [1.807, 2.05) is 19.1 Å². The first-order valence-electron chi connectivity index (χ1n) is 7.16. The van der Waals surface area contributed by atoms with Crippen molar-refractivity contribution in [3.8, 4) is 0 Å². The number of aromatic nitrogens is 1. The van der Waals surface area contributed by atoms with Crippen LogP contribution in [0.15, 0.2) is 30.5 Å². The number of rotatable bonds is 6. The van der Waals surface area contributed by atoms with Crippen LogP contribution in [0.25, 0.3) is 0 Å². The monoisotopic (exact) mass is 287 g/mol. The molecule has 1 aromatic carbocycles. The van der Waals surface area contributed by atoms with Gasteiger partial charge in [-0.2, -0.15) is 0 Å². The van der Waals surface area contributed by atoms with E-state index in [2.05, 4.69) is 29.1 Å². The molecule has 0 atom stereocenters. The van der Waals surface area contributed by atoms with Crippen LogP contribution in [0, 0.1) is 24.0 Å². The van der Waals surface area contributed by atoms with Gasteiger partial charge in [0, 0.05) is 35.8 Å². The first-order chi connectivity index (χ1) is 10.0. The summed E-state index contributed by atoms with van der Waals surface area (Å²) in [6, 6.07) is 7.61. The van der Waals surface area contributed by atoms with E-state index in [9.17, 15) is 10.1 Å². The number of nitro groups is 1. The number of hydrogen-bond donors (Lipinski definition) is 1. The van der Waals surface area contributed by atoms with Crippen LogP contribution in [-0.4, -0.2) is 9.49 Å². The van der Waals surface area contributed by atoms with Crippen molar-refractivity contribution in [1.82, 2.24) is 4.57 Å². The fourth-order valence-corrected chi connectivity index (χ4v) is 2.44. The lowest BCUT2D eigenvalue weighted by molar-refractivity contribution is -0.385. The highest BCUT2D eigenvalue weighted by Gasteiger charge is 2.13. The summed E-state index contributed by atoms with van der Waals surface area (Å²) in [5.41, 5.74) is 3.90. The average Bonchev–Trinajstić information content (AvgIpc) is 2.87. The van der Waals surface area contributed by atoms with Gasteiger partial charge < -0.3 is 9.88 Å². The normalized spacial score (nSPS) is 10.6. The van der Waals surface area contributed by atoms with Crippen molar-refractivity contribution in [3.05, 3.63) is 57.4 Å². The third-order valence-corrected chi connectivity index (χ3v) is 3.59. The zero-order chi connectivity index (χ0) is 15.4. The number of nitro benzene ring substituents is 1. The van der Waals surface area contributed by atoms with Crippen LogP contribution in [-0.2, 0) is 13.1 Å². The first kappa shape index (κ1) is 15.1. The summed E-state index contributed by atoms with van der Waals surface area (Å²) in [5, 5.41) is 14.3. The highest BCUT2D eigenvalue weighted by molar-refractivity contribution is 5.59. The van der Waals surface area contributed by atoms with Gasteiger partial charge in [-0.1, -0.05) is 6.92 Å². The van der Waals surface area contributed by atoms with Crippen LogP contribution in [0.1, 0.15) is 30.2 Å². The van der Waals surface area contributed by atoms with E-state index in [0.717, 1.165) is 24.2 Å². The van der Waals surface area contributed by atoms with E-state index < -0.39 is 0 Å².